The molecular formula is C18H25FN2O3. The summed E-state index contributed by atoms with van der Waals surface area (Å²) in [7, 11) is 0. The molecule has 1 spiro atoms. The number of halogens is 1. The van der Waals surface area contributed by atoms with Crippen LogP contribution in [0.5, 0.6) is 0 Å². The molecule has 1 saturated heterocycles. The Morgan fingerprint density at radius 2 is 2.17 bits per heavy atom. The highest BCUT2D eigenvalue weighted by Crippen LogP contribution is 2.50. The molecule has 2 fully saturated rings. The number of nitrogens with zero attached hydrogens (tertiary/aromatic N) is 1. The summed E-state index contributed by atoms with van der Waals surface area (Å²) >= 11 is 0. The van der Waals surface area contributed by atoms with Gasteiger partial charge in [0.25, 0.3) is 0 Å². The molecule has 1 aromatic rings. The molecule has 2 atom stereocenters. The normalized spacial score (nSPS) is 25.4. The standard InChI is InChI=1S/C18H25FN2O3/c1-3-24-16-11-15(22)18(16)7-9-21(10-8-18)17(23)20-14-6-4-5-13(19)12(14)2/h4-6,15-16,22H,3,7-11H2,1-2H3,(H,20,23)/t15-,16-/m1/s1. The molecule has 0 aromatic heterocycles. The van der Waals surface area contributed by atoms with E-state index in [9.17, 15) is 14.3 Å². The Labute approximate surface area is 141 Å². The lowest BCUT2D eigenvalue weighted by Crippen LogP contribution is -2.63. The molecule has 1 heterocycles. The Bertz CT molecular complexity index is 612. The minimum atomic E-state index is -0.343. The first-order chi connectivity index (χ1) is 11.5. The SMILES string of the molecule is CCO[C@@H]1C[C@@H](O)C12CCN(C(=O)Nc1cccc(F)c1C)CC2. The van der Waals surface area contributed by atoms with Crippen molar-refractivity contribution in [3.05, 3.63) is 29.6 Å². The van der Waals surface area contributed by atoms with Crippen molar-refractivity contribution < 1.29 is 19.0 Å². The van der Waals surface area contributed by atoms with Gasteiger partial charge in [0.05, 0.1) is 12.2 Å². The van der Waals surface area contributed by atoms with Crippen molar-refractivity contribution in [2.45, 2.75) is 45.3 Å². The van der Waals surface area contributed by atoms with Crippen LogP contribution in [0.2, 0.25) is 0 Å². The largest absolute Gasteiger partial charge is 0.392 e. The fourth-order valence-electron chi connectivity index (χ4n) is 3.88. The number of nitrogens with one attached hydrogen (secondary N) is 1. The maximum absolute atomic E-state index is 13.6. The van der Waals surface area contributed by atoms with Gasteiger partial charge in [-0.2, -0.15) is 0 Å². The lowest BCUT2D eigenvalue weighted by Gasteiger charge is -2.56. The van der Waals surface area contributed by atoms with Crippen molar-refractivity contribution in [2.75, 3.05) is 25.0 Å². The fourth-order valence-corrected chi connectivity index (χ4v) is 3.88. The first-order valence-electron chi connectivity index (χ1n) is 8.58. The summed E-state index contributed by atoms with van der Waals surface area (Å²) in [6.07, 6.45) is 1.89. The van der Waals surface area contributed by atoms with Gasteiger partial charge in [0.2, 0.25) is 0 Å². The van der Waals surface area contributed by atoms with Crippen molar-refractivity contribution in [2.24, 2.45) is 5.41 Å². The van der Waals surface area contributed by atoms with Crippen LogP contribution < -0.4 is 5.32 Å². The number of carbonyl (C=O) groups is 1. The third kappa shape index (κ3) is 2.89. The summed E-state index contributed by atoms with van der Waals surface area (Å²) < 4.78 is 19.3. The number of anilines is 1. The number of aliphatic hydroxyl groups excluding tert-OH is 1. The number of ether oxygens (including phenoxy) is 1. The molecule has 0 bridgehead atoms. The number of carbonyl (C=O) groups excluding carboxylic acids is 1. The fraction of sp³-hybridized carbons (Fsp3) is 0.611. The Morgan fingerprint density at radius 1 is 1.46 bits per heavy atom. The van der Waals surface area contributed by atoms with Crippen molar-refractivity contribution in [1.29, 1.82) is 0 Å². The zero-order valence-corrected chi connectivity index (χ0v) is 14.2. The summed E-state index contributed by atoms with van der Waals surface area (Å²) in [4.78, 5) is 14.2. The molecule has 132 valence electrons. The number of piperidine rings is 1. The smallest absolute Gasteiger partial charge is 0.321 e. The number of likely N-dealkylation sites (tertiary alicyclic amines) is 1. The molecule has 6 heteroatoms. The van der Waals surface area contributed by atoms with E-state index in [0.717, 1.165) is 12.8 Å². The molecule has 2 amide bonds. The number of hydrogen-bond donors (Lipinski definition) is 2. The van der Waals surface area contributed by atoms with Crippen LogP contribution in [0, 0.1) is 18.2 Å². The lowest BCUT2D eigenvalue weighted by atomic mass is 9.58. The summed E-state index contributed by atoms with van der Waals surface area (Å²) in [6.45, 7) is 5.39. The first-order valence-corrected chi connectivity index (χ1v) is 8.58. The minimum absolute atomic E-state index is 0.0909. The summed E-state index contributed by atoms with van der Waals surface area (Å²) in [5, 5.41) is 13.0. The van der Waals surface area contributed by atoms with E-state index in [1.54, 1.807) is 24.0 Å². The van der Waals surface area contributed by atoms with E-state index in [1.807, 2.05) is 6.92 Å². The highest BCUT2D eigenvalue weighted by Gasteiger charge is 2.56. The van der Waals surface area contributed by atoms with Crippen LogP contribution in [0.3, 0.4) is 0 Å². The first kappa shape index (κ1) is 17.2. The lowest BCUT2D eigenvalue weighted by molar-refractivity contribution is -0.207. The highest BCUT2D eigenvalue weighted by molar-refractivity contribution is 5.90. The quantitative estimate of drug-likeness (QED) is 0.892. The van der Waals surface area contributed by atoms with E-state index in [1.165, 1.54) is 6.07 Å². The third-order valence-electron chi connectivity index (χ3n) is 5.60. The van der Waals surface area contributed by atoms with Gasteiger partial charge in [-0.3, -0.25) is 0 Å². The predicted molar refractivity (Wildman–Crippen MR) is 89.4 cm³/mol. The van der Waals surface area contributed by atoms with Crippen LogP contribution in [0.4, 0.5) is 14.9 Å². The van der Waals surface area contributed by atoms with Crippen LogP contribution >= 0.6 is 0 Å². The van der Waals surface area contributed by atoms with Crippen LogP contribution in [0.25, 0.3) is 0 Å². The molecule has 1 aliphatic carbocycles. The molecule has 0 unspecified atom stereocenters. The van der Waals surface area contributed by atoms with Crippen molar-refractivity contribution in [1.82, 2.24) is 4.90 Å². The Kier molecular flexibility index (Phi) is 4.78. The molecule has 2 aliphatic rings. The number of rotatable bonds is 3. The van der Waals surface area contributed by atoms with Gasteiger partial charge in [-0.05, 0) is 38.8 Å². The number of amides is 2. The van der Waals surface area contributed by atoms with Crippen molar-refractivity contribution in [3.63, 3.8) is 0 Å². The third-order valence-corrected chi connectivity index (χ3v) is 5.60. The van der Waals surface area contributed by atoms with Gasteiger partial charge in [0, 0.05) is 42.8 Å². The van der Waals surface area contributed by atoms with Crippen LogP contribution in [0.1, 0.15) is 31.7 Å². The number of hydrogen-bond acceptors (Lipinski definition) is 3. The second-order valence-electron chi connectivity index (χ2n) is 6.76. The molecule has 5 nitrogen and oxygen atoms in total. The summed E-state index contributed by atoms with van der Waals surface area (Å²) in [6, 6.07) is 4.44. The molecule has 1 aromatic carbocycles. The van der Waals surface area contributed by atoms with E-state index in [-0.39, 0.29) is 29.5 Å². The van der Waals surface area contributed by atoms with E-state index in [4.69, 9.17) is 4.74 Å². The van der Waals surface area contributed by atoms with Gasteiger partial charge in [0.15, 0.2) is 0 Å². The zero-order valence-electron chi connectivity index (χ0n) is 14.2. The van der Waals surface area contributed by atoms with E-state index in [2.05, 4.69) is 5.32 Å². The molecule has 3 rings (SSSR count). The molecule has 2 N–H and O–H groups in total. The average molecular weight is 336 g/mol. The number of urea groups is 1. The molecule has 1 aliphatic heterocycles. The summed E-state index contributed by atoms with van der Waals surface area (Å²) in [5.41, 5.74) is 0.725. The van der Waals surface area contributed by atoms with Crippen LogP contribution in [-0.4, -0.2) is 47.9 Å². The predicted octanol–water partition coefficient (Wildman–Crippen LogP) is 2.92. The minimum Gasteiger partial charge on any atom is -0.392 e. The number of benzene rings is 1. The topological polar surface area (TPSA) is 61.8 Å². The Hall–Kier alpha value is -1.66. The van der Waals surface area contributed by atoms with Gasteiger partial charge < -0.3 is 20.1 Å². The monoisotopic (exact) mass is 336 g/mol. The average Bonchev–Trinajstić information content (AvgIpc) is 2.59. The molecule has 24 heavy (non-hydrogen) atoms. The van der Waals surface area contributed by atoms with Crippen LogP contribution in [-0.2, 0) is 4.74 Å². The second-order valence-corrected chi connectivity index (χ2v) is 6.76. The van der Waals surface area contributed by atoms with Crippen molar-refractivity contribution >= 4 is 11.7 Å². The Balaban J connectivity index is 1.60. The Morgan fingerprint density at radius 3 is 2.79 bits per heavy atom. The zero-order chi connectivity index (χ0) is 17.3. The van der Waals surface area contributed by atoms with Gasteiger partial charge in [-0.25, -0.2) is 9.18 Å². The summed E-state index contributed by atoms with van der Waals surface area (Å²) in [5.74, 6) is -0.331. The van der Waals surface area contributed by atoms with E-state index < -0.39 is 0 Å². The van der Waals surface area contributed by atoms with Crippen LogP contribution in [0.15, 0.2) is 18.2 Å². The van der Waals surface area contributed by atoms with Gasteiger partial charge in [0.1, 0.15) is 5.82 Å². The van der Waals surface area contributed by atoms with Gasteiger partial charge in [-0.15, -0.1) is 0 Å². The highest BCUT2D eigenvalue weighted by atomic mass is 19.1. The molecular weight excluding hydrogens is 311 g/mol. The van der Waals surface area contributed by atoms with E-state index in [0.29, 0.717) is 37.4 Å². The number of aliphatic hydroxyl groups is 1. The molecule has 1 saturated carbocycles. The molecule has 0 radical (unpaired) electrons. The van der Waals surface area contributed by atoms with Crippen molar-refractivity contribution in [3.8, 4) is 0 Å². The second kappa shape index (κ2) is 6.69. The van der Waals surface area contributed by atoms with Gasteiger partial charge in [-0.1, -0.05) is 6.07 Å². The van der Waals surface area contributed by atoms with E-state index >= 15 is 0 Å². The maximum Gasteiger partial charge on any atom is 0.321 e. The maximum atomic E-state index is 13.6. The van der Waals surface area contributed by atoms with Gasteiger partial charge >= 0.3 is 6.03 Å².